The number of aromatic nitrogens is 3. The second-order valence-electron chi connectivity index (χ2n) is 13.6. The Bertz CT molecular complexity index is 2730. The van der Waals surface area contributed by atoms with E-state index in [0.717, 1.165) is 50.4 Å². The van der Waals surface area contributed by atoms with E-state index in [1.807, 2.05) is 60.7 Å². The number of para-hydroxylation sites is 2. The SMILES string of the molecule is c1ccc(-c2nc(-c3ccccc3)nc(-c3cccc(-c4cccc(-c5cccc6c5Oc5ccccc5S6(c5ccccc5)c5ccccc5)c4)c3)n2)cc1. The van der Waals surface area contributed by atoms with Crippen LogP contribution in [0.15, 0.2) is 232 Å². The van der Waals surface area contributed by atoms with Gasteiger partial charge in [-0.15, -0.1) is 10.0 Å². The molecule has 10 rings (SSSR count). The molecule has 5 heteroatoms. The average molecular weight is 738 g/mol. The van der Waals surface area contributed by atoms with Gasteiger partial charge in [-0.2, -0.15) is 0 Å². The minimum absolute atomic E-state index is 0.626. The number of rotatable bonds is 7. The van der Waals surface area contributed by atoms with Gasteiger partial charge in [0.1, 0.15) is 11.5 Å². The molecule has 266 valence electrons. The molecule has 0 spiro atoms. The minimum Gasteiger partial charge on any atom is -0.454 e. The van der Waals surface area contributed by atoms with Gasteiger partial charge in [0.15, 0.2) is 17.5 Å². The lowest BCUT2D eigenvalue weighted by Gasteiger charge is -2.46. The van der Waals surface area contributed by atoms with Crippen LogP contribution in [-0.2, 0) is 0 Å². The molecule has 56 heavy (non-hydrogen) atoms. The first-order valence-corrected chi connectivity index (χ1v) is 20.3. The summed E-state index contributed by atoms with van der Waals surface area (Å²) in [6.07, 6.45) is 0. The summed E-state index contributed by atoms with van der Waals surface area (Å²) in [5.74, 6) is 3.69. The summed E-state index contributed by atoms with van der Waals surface area (Å²) in [6.45, 7) is 0. The molecule has 0 saturated heterocycles. The molecule has 0 N–H and O–H groups in total. The van der Waals surface area contributed by atoms with Crippen molar-refractivity contribution in [3.05, 3.63) is 212 Å². The second kappa shape index (κ2) is 14.3. The molecule has 1 aliphatic heterocycles. The Balaban J connectivity index is 1.10. The summed E-state index contributed by atoms with van der Waals surface area (Å²) in [5.41, 5.74) is 7.09. The van der Waals surface area contributed by atoms with Crippen LogP contribution in [0.3, 0.4) is 0 Å². The quantitative estimate of drug-likeness (QED) is 0.163. The maximum atomic E-state index is 6.98. The van der Waals surface area contributed by atoms with Crippen LogP contribution < -0.4 is 4.74 Å². The zero-order chi connectivity index (χ0) is 37.3. The Kier molecular flexibility index (Phi) is 8.55. The number of fused-ring (bicyclic) bond motifs is 2. The maximum absolute atomic E-state index is 6.98. The fraction of sp³-hybridized carbons (Fsp3) is 0. The number of benzene rings is 8. The van der Waals surface area contributed by atoms with Gasteiger partial charge in [-0.25, -0.2) is 15.0 Å². The molecular formula is C51H35N3OS. The molecular weight excluding hydrogens is 703 g/mol. The molecule has 0 fully saturated rings. The summed E-state index contributed by atoms with van der Waals surface area (Å²) >= 11 is 0. The Morgan fingerprint density at radius 3 is 1.32 bits per heavy atom. The summed E-state index contributed by atoms with van der Waals surface area (Å²) in [7, 11) is -1.89. The smallest absolute Gasteiger partial charge is 0.164 e. The Morgan fingerprint density at radius 1 is 0.321 bits per heavy atom. The number of hydrogen-bond donors (Lipinski definition) is 0. The number of ether oxygens (including phenoxy) is 1. The van der Waals surface area contributed by atoms with Gasteiger partial charge < -0.3 is 4.74 Å². The van der Waals surface area contributed by atoms with Crippen LogP contribution in [0.5, 0.6) is 11.5 Å². The van der Waals surface area contributed by atoms with Crippen LogP contribution in [0.2, 0.25) is 0 Å². The monoisotopic (exact) mass is 737 g/mol. The molecule has 8 aromatic carbocycles. The van der Waals surface area contributed by atoms with Crippen LogP contribution in [0.4, 0.5) is 0 Å². The topological polar surface area (TPSA) is 47.9 Å². The molecule has 0 amide bonds. The molecule has 4 nitrogen and oxygen atoms in total. The van der Waals surface area contributed by atoms with E-state index in [1.54, 1.807) is 0 Å². The highest BCUT2D eigenvalue weighted by Crippen LogP contribution is 2.79. The molecule has 1 aliphatic rings. The third kappa shape index (κ3) is 5.86. The van der Waals surface area contributed by atoms with E-state index >= 15 is 0 Å². The van der Waals surface area contributed by atoms with Crippen molar-refractivity contribution in [1.29, 1.82) is 0 Å². The minimum atomic E-state index is -1.89. The van der Waals surface area contributed by atoms with Crippen molar-refractivity contribution < 1.29 is 4.74 Å². The van der Waals surface area contributed by atoms with Crippen molar-refractivity contribution >= 4 is 10.0 Å². The zero-order valence-corrected chi connectivity index (χ0v) is 31.2. The first-order chi connectivity index (χ1) is 27.8. The van der Waals surface area contributed by atoms with Crippen molar-refractivity contribution in [2.75, 3.05) is 0 Å². The van der Waals surface area contributed by atoms with Gasteiger partial charge in [-0.3, -0.25) is 0 Å². The fourth-order valence-electron chi connectivity index (χ4n) is 7.64. The Labute approximate surface area is 328 Å². The lowest BCUT2D eigenvalue weighted by molar-refractivity contribution is 0.454. The van der Waals surface area contributed by atoms with Crippen molar-refractivity contribution in [3.63, 3.8) is 0 Å². The third-order valence-electron chi connectivity index (χ3n) is 10.2. The predicted molar refractivity (Wildman–Crippen MR) is 227 cm³/mol. The van der Waals surface area contributed by atoms with Crippen molar-refractivity contribution in [3.8, 4) is 67.9 Å². The Morgan fingerprint density at radius 2 is 0.732 bits per heavy atom. The van der Waals surface area contributed by atoms with E-state index in [9.17, 15) is 0 Å². The fourth-order valence-corrected chi connectivity index (χ4v) is 11.7. The summed E-state index contributed by atoms with van der Waals surface area (Å²) < 4.78 is 6.98. The highest BCUT2D eigenvalue weighted by Gasteiger charge is 2.41. The molecule has 0 aliphatic carbocycles. The molecule has 0 radical (unpaired) electrons. The second-order valence-corrected chi connectivity index (χ2v) is 16.7. The van der Waals surface area contributed by atoms with E-state index in [-0.39, 0.29) is 0 Å². The van der Waals surface area contributed by atoms with Crippen molar-refractivity contribution in [1.82, 2.24) is 15.0 Å². The maximum Gasteiger partial charge on any atom is 0.164 e. The summed E-state index contributed by atoms with van der Waals surface area (Å²) in [6, 6.07) is 74.4. The summed E-state index contributed by atoms with van der Waals surface area (Å²) in [5, 5.41) is 0. The number of hydrogen-bond acceptors (Lipinski definition) is 4. The highest BCUT2D eigenvalue weighted by atomic mass is 32.3. The molecule has 0 saturated carbocycles. The van der Waals surface area contributed by atoms with Gasteiger partial charge in [-0.1, -0.05) is 158 Å². The number of nitrogens with zero attached hydrogens (tertiary/aromatic N) is 3. The molecule has 0 atom stereocenters. The third-order valence-corrected chi connectivity index (χ3v) is 14.2. The highest BCUT2D eigenvalue weighted by molar-refractivity contribution is 8.34. The van der Waals surface area contributed by atoms with Crippen LogP contribution in [0, 0.1) is 0 Å². The molecule has 9 aromatic rings. The first kappa shape index (κ1) is 33.5. The lowest BCUT2D eigenvalue weighted by atomic mass is 9.97. The molecule has 0 bridgehead atoms. The van der Waals surface area contributed by atoms with Gasteiger partial charge in [0.2, 0.25) is 0 Å². The lowest BCUT2D eigenvalue weighted by Crippen LogP contribution is -2.12. The standard InChI is InChI=1S/C51H35N3OS/c1-5-18-36(19-6-1)49-52-50(37-20-7-2-8-21-37)54-51(53-49)41-25-16-23-39(35-41)38-22-15-24-40(34-38)44-30-17-33-47-48(44)55-45-31-13-14-32-46(45)56(47,42-26-9-3-10-27-42)43-28-11-4-12-29-43/h1-35H. The average Bonchev–Trinajstić information content (AvgIpc) is 3.29. The van der Waals surface area contributed by atoms with Gasteiger partial charge in [-0.05, 0) is 71.3 Å². The van der Waals surface area contributed by atoms with Gasteiger partial charge >= 0.3 is 0 Å². The van der Waals surface area contributed by atoms with E-state index in [1.165, 1.54) is 19.6 Å². The Hall–Kier alpha value is -7.08. The van der Waals surface area contributed by atoms with Crippen LogP contribution in [0.25, 0.3) is 56.4 Å². The van der Waals surface area contributed by atoms with Crippen LogP contribution in [-0.4, -0.2) is 15.0 Å². The first-order valence-electron chi connectivity index (χ1n) is 18.7. The normalized spacial score (nSPS) is 13.1. The van der Waals surface area contributed by atoms with Crippen LogP contribution in [0.1, 0.15) is 0 Å². The van der Waals surface area contributed by atoms with Crippen LogP contribution >= 0.6 is 10.0 Å². The van der Waals surface area contributed by atoms with Crippen molar-refractivity contribution in [2.45, 2.75) is 19.6 Å². The van der Waals surface area contributed by atoms with Gasteiger partial charge in [0, 0.05) is 41.8 Å². The predicted octanol–water partition coefficient (Wildman–Crippen LogP) is 13.7. The van der Waals surface area contributed by atoms with E-state index in [2.05, 4.69) is 152 Å². The molecule has 1 aromatic heterocycles. The van der Waals surface area contributed by atoms with Gasteiger partial charge in [0.05, 0.1) is 0 Å². The largest absolute Gasteiger partial charge is 0.454 e. The van der Waals surface area contributed by atoms with E-state index in [4.69, 9.17) is 19.7 Å². The van der Waals surface area contributed by atoms with E-state index in [0.29, 0.717) is 17.5 Å². The summed E-state index contributed by atoms with van der Waals surface area (Å²) in [4.78, 5) is 19.8. The van der Waals surface area contributed by atoms with Crippen molar-refractivity contribution in [2.24, 2.45) is 0 Å². The zero-order valence-electron chi connectivity index (χ0n) is 30.4. The molecule has 0 unspecified atom stereocenters. The van der Waals surface area contributed by atoms with E-state index < -0.39 is 10.0 Å². The van der Waals surface area contributed by atoms with Gasteiger partial charge in [0.25, 0.3) is 0 Å². The molecule has 2 heterocycles.